The molecule has 0 aromatic heterocycles. The Bertz CT molecular complexity index is 88.5. The zero-order chi connectivity index (χ0) is 6.41. The van der Waals surface area contributed by atoms with Gasteiger partial charge in [0.1, 0.15) is 0 Å². The lowest BCUT2D eigenvalue weighted by molar-refractivity contribution is -0.111. The highest BCUT2D eigenvalue weighted by Gasteiger charge is 1.91. The lowest BCUT2D eigenvalue weighted by Gasteiger charge is -1.87. The Morgan fingerprint density at radius 3 is 2.75 bits per heavy atom. The second kappa shape index (κ2) is 4.53. The van der Waals surface area contributed by atoms with Crippen LogP contribution in [0.1, 0.15) is 6.42 Å². The van der Waals surface area contributed by atoms with Crippen molar-refractivity contribution < 1.29 is 4.79 Å². The summed E-state index contributed by atoms with van der Waals surface area (Å²) in [4.78, 5) is 10.3. The summed E-state index contributed by atoms with van der Waals surface area (Å²) in [6.07, 6.45) is 3.44. The second-order valence-corrected chi connectivity index (χ2v) is 1.39. The molecule has 0 heterocycles. The first-order chi connectivity index (χ1) is 3.81. The number of hydrogen-bond acceptors (Lipinski definition) is 2. The number of rotatable bonds is 4. The molecule has 0 rings (SSSR count). The molecule has 2 heteroatoms. The fourth-order valence-corrected chi connectivity index (χ4v) is 0.309. The van der Waals surface area contributed by atoms with Gasteiger partial charge in [0, 0.05) is 6.42 Å². The van der Waals surface area contributed by atoms with Crippen LogP contribution in [0.3, 0.4) is 0 Å². The summed E-state index contributed by atoms with van der Waals surface area (Å²) >= 11 is 0. The molecule has 0 aromatic carbocycles. The van der Waals surface area contributed by atoms with Gasteiger partial charge in [-0.05, 0) is 19.0 Å². The van der Waals surface area contributed by atoms with Crippen LogP contribution < -0.4 is 5.73 Å². The zero-order valence-electron chi connectivity index (χ0n) is 4.76. The van der Waals surface area contributed by atoms with Crippen LogP contribution in [-0.4, -0.2) is 12.3 Å². The molecule has 0 aromatic rings. The molecule has 0 aliphatic carbocycles. The maximum atomic E-state index is 10.3. The first-order valence-corrected chi connectivity index (χ1v) is 2.51. The fourth-order valence-electron chi connectivity index (χ4n) is 0.309. The van der Waals surface area contributed by atoms with Crippen molar-refractivity contribution in [2.24, 2.45) is 5.73 Å². The van der Waals surface area contributed by atoms with Crippen molar-refractivity contribution in [2.45, 2.75) is 6.42 Å². The van der Waals surface area contributed by atoms with Gasteiger partial charge in [0.05, 0.1) is 0 Å². The fraction of sp³-hybridized carbons (Fsp3) is 0.333. The molecular weight excluding hydrogens is 102 g/mol. The highest BCUT2D eigenvalue weighted by Crippen LogP contribution is 1.85. The van der Waals surface area contributed by atoms with Crippen molar-refractivity contribution in [1.29, 1.82) is 0 Å². The van der Waals surface area contributed by atoms with Crippen LogP contribution in [0.15, 0.2) is 12.7 Å². The Kier molecular flexibility index (Phi) is 4.17. The maximum absolute atomic E-state index is 10.3. The Balaban J connectivity index is 3.11. The van der Waals surface area contributed by atoms with Gasteiger partial charge in [-0.15, -0.1) is 0 Å². The lowest BCUT2D eigenvalue weighted by atomic mass is 10.2. The first kappa shape index (κ1) is 7.37. The standard InChI is InChI=1S/C6H10NO/c1-2-6(8)4-3-5-7/h2,4H,1,3,5,7H2. The number of carbonyl (C=O) groups is 1. The average Bonchev–Trinajstić information content (AvgIpc) is 1.83. The summed E-state index contributed by atoms with van der Waals surface area (Å²) < 4.78 is 0. The third-order valence-corrected chi connectivity index (χ3v) is 0.713. The number of nitrogens with two attached hydrogens (primary N) is 1. The van der Waals surface area contributed by atoms with E-state index in [1.54, 1.807) is 0 Å². The van der Waals surface area contributed by atoms with E-state index in [4.69, 9.17) is 5.73 Å². The number of hydrogen-bond donors (Lipinski definition) is 1. The predicted molar refractivity (Wildman–Crippen MR) is 33.2 cm³/mol. The van der Waals surface area contributed by atoms with E-state index < -0.39 is 0 Å². The van der Waals surface area contributed by atoms with Crippen LogP contribution in [0.5, 0.6) is 0 Å². The lowest BCUT2D eigenvalue weighted by Crippen LogP contribution is -2.02. The third-order valence-electron chi connectivity index (χ3n) is 0.713. The molecular formula is C6H10NO. The molecule has 0 saturated carbocycles. The highest BCUT2D eigenvalue weighted by molar-refractivity contribution is 5.96. The Hall–Kier alpha value is -0.630. The van der Waals surface area contributed by atoms with Crippen LogP contribution in [0, 0.1) is 6.42 Å². The van der Waals surface area contributed by atoms with Gasteiger partial charge in [0.25, 0.3) is 0 Å². The topological polar surface area (TPSA) is 43.1 Å². The normalized spacial score (nSPS) is 8.62. The third kappa shape index (κ3) is 3.56. The molecule has 1 radical (unpaired) electrons. The first-order valence-electron chi connectivity index (χ1n) is 2.51. The van der Waals surface area contributed by atoms with Gasteiger partial charge in [-0.1, -0.05) is 6.58 Å². The molecule has 0 unspecified atom stereocenters. The summed E-state index contributed by atoms with van der Waals surface area (Å²) in [6.45, 7) is 3.82. The number of allylic oxidation sites excluding steroid dienone is 1. The van der Waals surface area contributed by atoms with E-state index in [1.165, 1.54) is 12.5 Å². The van der Waals surface area contributed by atoms with Crippen molar-refractivity contribution >= 4 is 5.78 Å². The Morgan fingerprint density at radius 2 is 2.38 bits per heavy atom. The van der Waals surface area contributed by atoms with E-state index >= 15 is 0 Å². The van der Waals surface area contributed by atoms with E-state index in [1.807, 2.05) is 0 Å². The van der Waals surface area contributed by atoms with E-state index in [-0.39, 0.29) is 5.78 Å². The molecule has 2 nitrogen and oxygen atoms in total. The Morgan fingerprint density at radius 1 is 1.75 bits per heavy atom. The van der Waals surface area contributed by atoms with E-state index in [0.717, 1.165) is 0 Å². The molecule has 0 atom stereocenters. The van der Waals surface area contributed by atoms with E-state index in [9.17, 15) is 4.79 Å². The minimum absolute atomic E-state index is 0.0459. The van der Waals surface area contributed by atoms with Gasteiger partial charge in [-0.2, -0.15) is 0 Å². The van der Waals surface area contributed by atoms with Crippen molar-refractivity contribution in [3.05, 3.63) is 19.1 Å². The zero-order valence-corrected chi connectivity index (χ0v) is 4.76. The van der Waals surface area contributed by atoms with Crippen LogP contribution in [0.4, 0.5) is 0 Å². The maximum Gasteiger partial charge on any atom is 0.158 e. The molecule has 0 amide bonds. The summed E-state index contributed by atoms with van der Waals surface area (Å²) in [7, 11) is 0. The summed E-state index contributed by atoms with van der Waals surface area (Å²) in [5.41, 5.74) is 5.11. The molecule has 2 N–H and O–H groups in total. The molecule has 0 spiro atoms. The highest BCUT2D eigenvalue weighted by atomic mass is 16.1. The van der Waals surface area contributed by atoms with Crippen LogP contribution >= 0.6 is 0 Å². The molecule has 0 aliphatic rings. The smallest absolute Gasteiger partial charge is 0.158 e. The van der Waals surface area contributed by atoms with Crippen LogP contribution in [0.25, 0.3) is 0 Å². The van der Waals surface area contributed by atoms with Gasteiger partial charge >= 0.3 is 0 Å². The number of ketones is 1. The van der Waals surface area contributed by atoms with Gasteiger partial charge in [0.15, 0.2) is 5.78 Å². The molecule has 0 saturated heterocycles. The second-order valence-electron chi connectivity index (χ2n) is 1.39. The van der Waals surface area contributed by atoms with Gasteiger partial charge < -0.3 is 5.73 Å². The van der Waals surface area contributed by atoms with Crippen molar-refractivity contribution in [2.75, 3.05) is 6.54 Å². The SMILES string of the molecule is C=CC(=O)[CH]CCN. The summed E-state index contributed by atoms with van der Waals surface area (Å²) in [5, 5.41) is 0. The Labute approximate surface area is 49.4 Å². The van der Waals surface area contributed by atoms with Gasteiger partial charge in [-0.25, -0.2) is 0 Å². The quantitative estimate of drug-likeness (QED) is 0.531. The van der Waals surface area contributed by atoms with Crippen molar-refractivity contribution in [1.82, 2.24) is 0 Å². The van der Waals surface area contributed by atoms with Crippen molar-refractivity contribution in [3.63, 3.8) is 0 Å². The molecule has 45 valence electrons. The number of carbonyl (C=O) groups excluding carboxylic acids is 1. The van der Waals surface area contributed by atoms with Crippen molar-refractivity contribution in [3.8, 4) is 0 Å². The summed E-state index contributed by atoms with van der Waals surface area (Å²) in [6, 6.07) is 0. The van der Waals surface area contributed by atoms with E-state index in [0.29, 0.717) is 13.0 Å². The molecule has 0 bridgehead atoms. The van der Waals surface area contributed by atoms with Crippen LogP contribution in [0.2, 0.25) is 0 Å². The predicted octanol–water partition coefficient (Wildman–Crippen LogP) is 0.295. The molecule has 0 aliphatic heterocycles. The minimum atomic E-state index is -0.0459. The van der Waals surface area contributed by atoms with Gasteiger partial charge in [0.2, 0.25) is 0 Å². The molecule has 8 heavy (non-hydrogen) atoms. The summed E-state index contributed by atoms with van der Waals surface area (Å²) in [5.74, 6) is -0.0459. The molecule has 0 fully saturated rings. The minimum Gasteiger partial charge on any atom is -0.330 e. The monoisotopic (exact) mass is 112 g/mol. The van der Waals surface area contributed by atoms with Gasteiger partial charge in [-0.3, -0.25) is 4.79 Å². The largest absolute Gasteiger partial charge is 0.330 e. The average molecular weight is 112 g/mol. The van der Waals surface area contributed by atoms with E-state index in [2.05, 4.69) is 6.58 Å². The van der Waals surface area contributed by atoms with Crippen LogP contribution in [-0.2, 0) is 4.79 Å².